The average molecular weight is 368 g/mol. The van der Waals surface area contributed by atoms with Crippen LogP contribution in [0.1, 0.15) is 51.7 Å². The normalized spacial score (nSPS) is 17.8. The lowest BCUT2D eigenvalue weighted by Gasteiger charge is -2.36. The number of ether oxygens (including phenoxy) is 1. The number of fused-ring (bicyclic) bond motifs is 1. The molecular formula is C18H26BrNO2. The van der Waals surface area contributed by atoms with E-state index in [1.807, 2.05) is 25.7 Å². The third-order valence-electron chi connectivity index (χ3n) is 3.90. The summed E-state index contributed by atoms with van der Waals surface area (Å²) < 4.78 is 6.72. The number of carbonyl (C=O) groups is 1. The molecule has 1 atom stereocenters. The van der Waals surface area contributed by atoms with Crippen LogP contribution in [0, 0.1) is 0 Å². The zero-order valence-electron chi connectivity index (χ0n) is 14.0. The van der Waals surface area contributed by atoms with Crippen LogP contribution in [0.3, 0.4) is 0 Å². The van der Waals surface area contributed by atoms with Crippen LogP contribution in [0.25, 0.3) is 0 Å². The van der Waals surface area contributed by atoms with Crippen molar-refractivity contribution in [3.8, 4) is 0 Å². The first-order chi connectivity index (χ1) is 10.3. The molecule has 1 unspecified atom stereocenters. The van der Waals surface area contributed by atoms with Crippen molar-refractivity contribution < 1.29 is 9.53 Å². The van der Waals surface area contributed by atoms with Crippen molar-refractivity contribution in [1.82, 2.24) is 4.90 Å². The predicted molar refractivity (Wildman–Crippen MR) is 93.2 cm³/mol. The van der Waals surface area contributed by atoms with Crippen LogP contribution in [0.15, 0.2) is 22.7 Å². The Hall–Kier alpha value is -1.03. The van der Waals surface area contributed by atoms with Gasteiger partial charge in [-0.2, -0.15) is 0 Å². The highest BCUT2D eigenvalue weighted by molar-refractivity contribution is 9.10. The van der Waals surface area contributed by atoms with Gasteiger partial charge in [-0.1, -0.05) is 28.9 Å². The Morgan fingerprint density at radius 2 is 2.09 bits per heavy atom. The summed E-state index contributed by atoms with van der Waals surface area (Å²) >= 11 is 3.53. The standard InChI is InChI=1S/C18H26BrNO2/c1-5-10-20(17(21)22-18(2,3)4)16-9-7-13-11-15(19)8-6-14(13)12-16/h6,8,11,16H,5,7,9-10,12H2,1-4H3. The fourth-order valence-corrected chi connectivity index (χ4v) is 3.36. The lowest BCUT2D eigenvalue weighted by molar-refractivity contribution is 0.0146. The smallest absolute Gasteiger partial charge is 0.410 e. The number of aryl methyl sites for hydroxylation is 1. The number of halogens is 1. The van der Waals surface area contributed by atoms with Crippen molar-refractivity contribution in [2.75, 3.05) is 6.54 Å². The van der Waals surface area contributed by atoms with Gasteiger partial charge in [-0.15, -0.1) is 0 Å². The third-order valence-corrected chi connectivity index (χ3v) is 4.40. The molecule has 122 valence electrons. The Labute approximate surface area is 142 Å². The fraction of sp³-hybridized carbons (Fsp3) is 0.611. The van der Waals surface area contributed by atoms with E-state index in [0.717, 1.165) is 36.7 Å². The van der Waals surface area contributed by atoms with Gasteiger partial charge in [0, 0.05) is 17.1 Å². The maximum atomic E-state index is 12.5. The molecule has 0 aromatic heterocycles. The summed E-state index contributed by atoms with van der Waals surface area (Å²) in [6.45, 7) is 8.62. The second-order valence-corrected chi connectivity index (χ2v) is 7.90. The minimum atomic E-state index is -0.444. The van der Waals surface area contributed by atoms with Crippen LogP contribution in [-0.4, -0.2) is 29.2 Å². The topological polar surface area (TPSA) is 29.5 Å². The molecule has 1 aromatic carbocycles. The van der Waals surface area contributed by atoms with Gasteiger partial charge in [-0.25, -0.2) is 4.79 Å². The van der Waals surface area contributed by atoms with Gasteiger partial charge >= 0.3 is 6.09 Å². The lowest BCUT2D eigenvalue weighted by Crippen LogP contribution is -2.46. The van der Waals surface area contributed by atoms with E-state index in [9.17, 15) is 4.79 Å². The van der Waals surface area contributed by atoms with Gasteiger partial charge in [0.15, 0.2) is 0 Å². The second kappa shape index (κ2) is 7.03. The molecule has 0 spiro atoms. The molecule has 1 aromatic rings. The summed E-state index contributed by atoms with van der Waals surface area (Å²) in [4.78, 5) is 14.4. The molecule has 4 heteroatoms. The van der Waals surface area contributed by atoms with Crippen LogP contribution < -0.4 is 0 Å². The SMILES string of the molecule is CCCN(C(=O)OC(C)(C)C)C1CCc2cc(Br)ccc2C1. The van der Waals surface area contributed by atoms with Gasteiger partial charge < -0.3 is 9.64 Å². The first kappa shape index (κ1) is 17.3. The molecule has 0 saturated carbocycles. The molecule has 0 N–H and O–H groups in total. The molecule has 0 aliphatic heterocycles. The van der Waals surface area contributed by atoms with Crippen molar-refractivity contribution in [3.05, 3.63) is 33.8 Å². The van der Waals surface area contributed by atoms with Gasteiger partial charge in [0.05, 0.1) is 0 Å². The minimum absolute atomic E-state index is 0.181. The Balaban J connectivity index is 2.13. The van der Waals surface area contributed by atoms with E-state index in [4.69, 9.17) is 4.74 Å². The zero-order chi connectivity index (χ0) is 16.3. The van der Waals surface area contributed by atoms with Crippen molar-refractivity contribution >= 4 is 22.0 Å². The van der Waals surface area contributed by atoms with E-state index < -0.39 is 5.60 Å². The molecule has 0 fully saturated rings. The molecule has 22 heavy (non-hydrogen) atoms. The van der Waals surface area contributed by atoms with Crippen LogP contribution in [0.2, 0.25) is 0 Å². The molecule has 1 aliphatic rings. The number of hydrogen-bond acceptors (Lipinski definition) is 2. The van der Waals surface area contributed by atoms with Crippen molar-refractivity contribution in [1.29, 1.82) is 0 Å². The van der Waals surface area contributed by atoms with Gasteiger partial charge in [0.1, 0.15) is 5.60 Å². The summed E-state index contributed by atoms with van der Waals surface area (Å²) in [7, 11) is 0. The molecule has 1 aliphatic carbocycles. The highest BCUT2D eigenvalue weighted by atomic mass is 79.9. The monoisotopic (exact) mass is 367 g/mol. The van der Waals surface area contributed by atoms with E-state index >= 15 is 0 Å². The summed E-state index contributed by atoms with van der Waals surface area (Å²) in [5.74, 6) is 0. The molecule has 0 bridgehead atoms. The molecule has 1 amide bonds. The second-order valence-electron chi connectivity index (χ2n) is 6.98. The maximum Gasteiger partial charge on any atom is 0.410 e. The molecular weight excluding hydrogens is 342 g/mol. The van der Waals surface area contributed by atoms with E-state index in [-0.39, 0.29) is 12.1 Å². The van der Waals surface area contributed by atoms with E-state index in [1.54, 1.807) is 0 Å². The van der Waals surface area contributed by atoms with Crippen LogP contribution >= 0.6 is 15.9 Å². The molecule has 3 nitrogen and oxygen atoms in total. The van der Waals surface area contributed by atoms with E-state index in [0.29, 0.717) is 0 Å². The average Bonchev–Trinajstić information content (AvgIpc) is 2.42. The van der Waals surface area contributed by atoms with Crippen LogP contribution in [0.5, 0.6) is 0 Å². The number of rotatable bonds is 3. The van der Waals surface area contributed by atoms with E-state index in [2.05, 4.69) is 41.1 Å². The molecule has 0 radical (unpaired) electrons. The van der Waals surface area contributed by atoms with Gasteiger partial charge in [-0.05, 0) is 69.7 Å². The zero-order valence-corrected chi connectivity index (χ0v) is 15.6. The number of carbonyl (C=O) groups excluding carboxylic acids is 1. The van der Waals surface area contributed by atoms with Gasteiger partial charge in [0.2, 0.25) is 0 Å². The van der Waals surface area contributed by atoms with Crippen molar-refractivity contribution in [2.24, 2.45) is 0 Å². The summed E-state index contributed by atoms with van der Waals surface area (Å²) in [6.07, 6.45) is 3.70. The van der Waals surface area contributed by atoms with E-state index in [1.165, 1.54) is 11.1 Å². The van der Waals surface area contributed by atoms with Crippen molar-refractivity contribution in [3.63, 3.8) is 0 Å². The molecule has 0 heterocycles. The Morgan fingerprint density at radius 1 is 1.36 bits per heavy atom. The van der Waals surface area contributed by atoms with Crippen LogP contribution in [0.4, 0.5) is 4.79 Å². The number of nitrogens with zero attached hydrogens (tertiary/aromatic N) is 1. The highest BCUT2D eigenvalue weighted by Crippen LogP contribution is 2.28. The third kappa shape index (κ3) is 4.48. The molecule has 0 saturated heterocycles. The number of amides is 1. The van der Waals surface area contributed by atoms with Gasteiger partial charge in [-0.3, -0.25) is 0 Å². The Morgan fingerprint density at radius 3 is 2.73 bits per heavy atom. The Kier molecular flexibility index (Phi) is 5.54. The minimum Gasteiger partial charge on any atom is -0.444 e. The fourth-order valence-electron chi connectivity index (χ4n) is 2.95. The Bertz CT molecular complexity index is 536. The number of benzene rings is 1. The maximum absolute atomic E-state index is 12.5. The number of hydrogen-bond donors (Lipinski definition) is 0. The summed E-state index contributed by atoms with van der Waals surface area (Å²) in [5, 5.41) is 0. The quantitative estimate of drug-likeness (QED) is 0.755. The predicted octanol–water partition coefficient (Wildman–Crippen LogP) is 4.95. The van der Waals surface area contributed by atoms with Crippen molar-refractivity contribution in [2.45, 2.75) is 65.0 Å². The highest BCUT2D eigenvalue weighted by Gasteiger charge is 2.30. The lowest BCUT2D eigenvalue weighted by atomic mass is 9.87. The van der Waals surface area contributed by atoms with Gasteiger partial charge in [0.25, 0.3) is 0 Å². The summed E-state index contributed by atoms with van der Waals surface area (Å²) in [5.41, 5.74) is 2.30. The molecule has 2 rings (SSSR count). The van der Waals surface area contributed by atoms with Crippen LogP contribution in [-0.2, 0) is 17.6 Å². The largest absolute Gasteiger partial charge is 0.444 e. The summed E-state index contributed by atoms with van der Waals surface area (Å²) in [6, 6.07) is 6.69. The first-order valence-electron chi connectivity index (χ1n) is 8.07. The first-order valence-corrected chi connectivity index (χ1v) is 8.86.